The number of nitrogens with one attached hydrogen (secondary N) is 2. The molecule has 0 heterocycles. The lowest BCUT2D eigenvalue weighted by Crippen LogP contribution is -2.32. The number of hydrogen-bond acceptors (Lipinski definition) is 3. The summed E-state index contributed by atoms with van der Waals surface area (Å²) >= 11 is 11.5. The Morgan fingerprint density at radius 2 is 1.92 bits per heavy atom. The van der Waals surface area contributed by atoms with Crippen molar-refractivity contribution >= 4 is 40.6 Å². The number of anilines is 1. The van der Waals surface area contributed by atoms with Crippen molar-refractivity contribution in [2.45, 2.75) is 33.2 Å². The van der Waals surface area contributed by atoms with Crippen molar-refractivity contribution in [3.63, 3.8) is 0 Å². The van der Waals surface area contributed by atoms with Gasteiger partial charge in [-0.2, -0.15) is 0 Å². The maximum atomic E-state index is 11.8. The van der Waals surface area contributed by atoms with Gasteiger partial charge in [-0.1, -0.05) is 36.7 Å². The molecule has 2 aromatic carbocycles. The fraction of sp³-hybridized carbons (Fsp3) is 0.300. The van der Waals surface area contributed by atoms with Gasteiger partial charge >= 0.3 is 5.97 Å². The molecule has 0 amide bonds. The molecular formula is C20H23ClN2O2S. The summed E-state index contributed by atoms with van der Waals surface area (Å²) in [5.74, 6) is -0.487. The van der Waals surface area contributed by atoms with Crippen LogP contribution < -0.4 is 10.6 Å². The van der Waals surface area contributed by atoms with Gasteiger partial charge in [-0.3, -0.25) is 0 Å². The van der Waals surface area contributed by atoms with E-state index in [2.05, 4.69) is 49.6 Å². The third-order valence-corrected chi connectivity index (χ3v) is 4.83. The molecule has 0 aliphatic carbocycles. The molecule has 0 saturated carbocycles. The highest BCUT2D eigenvalue weighted by molar-refractivity contribution is 7.80. The zero-order chi connectivity index (χ0) is 19.3. The minimum absolute atomic E-state index is 0.0988. The molecule has 0 aliphatic rings. The quantitative estimate of drug-likeness (QED) is 0.544. The highest BCUT2D eigenvalue weighted by Crippen LogP contribution is 2.23. The third kappa shape index (κ3) is 4.96. The van der Waals surface area contributed by atoms with E-state index in [1.165, 1.54) is 23.8 Å². The Balaban J connectivity index is 2.11. The van der Waals surface area contributed by atoms with Crippen molar-refractivity contribution in [2.75, 3.05) is 12.4 Å². The van der Waals surface area contributed by atoms with Gasteiger partial charge in [0.05, 0.1) is 23.7 Å². The monoisotopic (exact) mass is 390 g/mol. The van der Waals surface area contributed by atoms with Crippen LogP contribution in [0.4, 0.5) is 5.69 Å². The molecule has 2 N–H and O–H groups in total. The summed E-state index contributed by atoms with van der Waals surface area (Å²) in [5, 5.41) is 7.25. The van der Waals surface area contributed by atoms with Crippen LogP contribution in [0.1, 0.15) is 46.4 Å². The second kappa shape index (κ2) is 9.01. The van der Waals surface area contributed by atoms with Gasteiger partial charge in [-0.15, -0.1) is 0 Å². The van der Waals surface area contributed by atoms with Gasteiger partial charge in [-0.25, -0.2) is 4.79 Å². The normalized spacial score (nSPS) is 11.6. The van der Waals surface area contributed by atoms with Crippen molar-refractivity contribution in [3.8, 4) is 0 Å². The maximum absolute atomic E-state index is 11.8. The average Bonchev–Trinajstić information content (AvgIpc) is 2.63. The van der Waals surface area contributed by atoms with E-state index < -0.39 is 5.97 Å². The van der Waals surface area contributed by atoms with Crippen LogP contribution in [0.2, 0.25) is 5.02 Å². The zero-order valence-corrected chi connectivity index (χ0v) is 16.9. The van der Waals surface area contributed by atoms with Crippen molar-refractivity contribution in [3.05, 3.63) is 63.7 Å². The molecule has 0 aromatic heterocycles. The van der Waals surface area contributed by atoms with Crippen LogP contribution in [0.5, 0.6) is 0 Å². The molecule has 0 fully saturated rings. The van der Waals surface area contributed by atoms with Crippen LogP contribution in [0.25, 0.3) is 0 Å². The van der Waals surface area contributed by atoms with Crippen LogP contribution in [-0.4, -0.2) is 18.2 Å². The smallest absolute Gasteiger partial charge is 0.339 e. The van der Waals surface area contributed by atoms with Gasteiger partial charge in [-0.05, 0) is 67.4 Å². The molecule has 0 radical (unpaired) electrons. The molecule has 6 heteroatoms. The summed E-state index contributed by atoms with van der Waals surface area (Å²) in [6.45, 7) is 6.30. The fourth-order valence-corrected chi connectivity index (χ4v) is 3.05. The second-order valence-electron chi connectivity index (χ2n) is 6.09. The Hall–Kier alpha value is -2.11. The highest BCUT2D eigenvalue weighted by atomic mass is 35.5. The molecule has 0 bridgehead atoms. The number of hydrogen-bond donors (Lipinski definition) is 2. The van der Waals surface area contributed by atoms with Gasteiger partial charge in [0.1, 0.15) is 0 Å². The third-order valence-electron chi connectivity index (χ3n) is 4.28. The zero-order valence-electron chi connectivity index (χ0n) is 15.4. The number of esters is 1. The number of benzene rings is 2. The molecule has 138 valence electrons. The first kappa shape index (κ1) is 20.2. The van der Waals surface area contributed by atoms with Gasteiger partial charge in [0.2, 0.25) is 0 Å². The molecule has 26 heavy (non-hydrogen) atoms. The molecule has 2 rings (SSSR count). The fourth-order valence-electron chi connectivity index (χ4n) is 2.60. The Kier molecular flexibility index (Phi) is 7.00. The predicted octanol–water partition coefficient (Wildman–Crippen LogP) is 5.18. The molecule has 0 saturated heterocycles. The lowest BCUT2D eigenvalue weighted by molar-refractivity contribution is 0.0601. The van der Waals surface area contributed by atoms with E-state index in [0.717, 1.165) is 6.42 Å². The van der Waals surface area contributed by atoms with E-state index in [9.17, 15) is 4.79 Å². The predicted molar refractivity (Wildman–Crippen MR) is 111 cm³/mol. The summed E-state index contributed by atoms with van der Waals surface area (Å²) in [5.41, 5.74) is 4.67. The SMILES string of the molecule is CC[C@@H](NC(=S)Nc1ccc(Cl)c(C(=O)OC)c1)c1ccc(C)c(C)c1. The van der Waals surface area contributed by atoms with Crippen LogP contribution in [0.3, 0.4) is 0 Å². The Morgan fingerprint density at radius 1 is 1.19 bits per heavy atom. The van der Waals surface area contributed by atoms with Crippen molar-refractivity contribution in [1.29, 1.82) is 0 Å². The molecule has 0 aliphatic heterocycles. The van der Waals surface area contributed by atoms with Gasteiger partial charge in [0, 0.05) is 5.69 Å². The van der Waals surface area contributed by atoms with Gasteiger partial charge in [0.15, 0.2) is 5.11 Å². The van der Waals surface area contributed by atoms with Crippen molar-refractivity contribution in [1.82, 2.24) is 5.32 Å². The molecule has 4 nitrogen and oxygen atoms in total. The van der Waals surface area contributed by atoms with E-state index in [0.29, 0.717) is 21.4 Å². The minimum atomic E-state index is -0.487. The van der Waals surface area contributed by atoms with E-state index in [1.807, 2.05) is 0 Å². The molecule has 0 unspecified atom stereocenters. The Morgan fingerprint density at radius 3 is 2.54 bits per heavy atom. The highest BCUT2D eigenvalue weighted by Gasteiger charge is 2.14. The van der Waals surface area contributed by atoms with Crippen molar-refractivity contribution < 1.29 is 9.53 Å². The van der Waals surface area contributed by atoms with Gasteiger partial charge in [0.25, 0.3) is 0 Å². The molecular weight excluding hydrogens is 368 g/mol. The number of carbonyl (C=O) groups is 1. The number of ether oxygens (including phenoxy) is 1. The molecule has 0 spiro atoms. The Labute approximate surface area is 164 Å². The van der Waals surface area contributed by atoms with Crippen LogP contribution >= 0.6 is 23.8 Å². The summed E-state index contributed by atoms with van der Waals surface area (Å²) in [6, 6.07) is 11.5. The number of aryl methyl sites for hydroxylation is 2. The van der Waals surface area contributed by atoms with E-state index in [4.69, 9.17) is 28.6 Å². The summed E-state index contributed by atoms with van der Waals surface area (Å²) < 4.78 is 4.74. The average molecular weight is 391 g/mol. The van der Waals surface area contributed by atoms with E-state index in [-0.39, 0.29) is 6.04 Å². The minimum Gasteiger partial charge on any atom is -0.465 e. The topological polar surface area (TPSA) is 50.4 Å². The lowest BCUT2D eigenvalue weighted by Gasteiger charge is -2.21. The first-order valence-corrected chi connectivity index (χ1v) is 9.16. The number of carbonyl (C=O) groups excluding carboxylic acids is 1. The first-order chi connectivity index (χ1) is 12.3. The number of halogens is 1. The van der Waals surface area contributed by atoms with Crippen LogP contribution in [0.15, 0.2) is 36.4 Å². The van der Waals surface area contributed by atoms with Crippen LogP contribution in [-0.2, 0) is 4.74 Å². The standard InChI is InChI=1S/C20H23ClN2O2S/c1-5-18(14-7-6-12(2)13(3)10-14)23-20(26)22-15-8-9-17(21)16(11-15)19(24)25-4/h6-11,18H,5H2,1-4H3,(H2,22,23,26)/t18-/m1/s1. The maximum Gasteiger partial charge on any atom is 0.339 e. The van der Waals surface area contributed by atoms with Crippen LogP contribution in [0, 0.1) is 13.8 Å². The lowest BCUT2D eigenvalue weighted by atomic mass is 9.99. The second-order valence-corrected chi connectivity index (χ2v) is 6.90. The molecule has 1 atom stereocenters. The van der Waals surface area contributed by atoms with Crippen molar-refractivity contribution in [2.24, 2.45) is 0 Å². The number of thiocarbonyl (C=S) groups is 1. The summed E-state index contributed by atoms with van der Waals surface area (Å²) in [7, 11) is 1.32. The number of methoxy groups -OCH3 is 1. The summed E-state index contributed by atoms with van der Waals surface area (Å²) in [6.07, 6.45) is 0.887. The first-order valence-electron chi connectivity index (χ1n) is 8.38. The van der Waals surface area contributed by atoms with Gasteiger partial charge < -0.3 is 15.4 Å². The van der Waals surface area contributed by atoms with E-state index >= 15 is 0 Å². The van der Waals surface area contributed by atoms with E-state index in [1.54, 1.807) is 18.2 Å². The Bertz CT molecular complexity index is 823. The largest absolute Gasteiger partial charge is 0.465 e. The number of rotatable bonds is 5. The molecule has 2 aromatic rings. The summed E-state index contributed by atoms with van der Waals surface area (Å²) in [4.78, 5) is 11.8.